The average molecular weight is 296 g/mol. The molecule has 0 radical (unpaired) electrons. The number of carbonyl (C=O) groups excluding carboxylic acids is 1. The molecule has 3 nitrogen and oxygen atoms in total. The molecule has 2 aromatic rings. The van der Waals surface area contributed by atoms with Crippen molar-refractivity contribution in [1.82, 2.24) is 4.90 Å². The molecule has 3 rings (SSSR count). The number of rotatable bonds is 3. The Hall–Kier alpha value is -1.87. The van der Waals surface area contributed by atoms with Gasteiger partial charge in [-0.2, -0.15) is 0 Å². The highest BCUT2D eigenvalue weighted by Gasteiger charge is 2.23. The number of anilines is 1. The molecule has 1 aliphatic heterocycles. The number of carbonyl (C=O) groups is 1. The van der Waals surface area contributed by atoms with Crippen LogP contribution in [0.3, 0.4) is 0 Å². The molecule has 116 valence electrons. The highest BCUT2D eigenvalue weighted by molar-refractivity contribution is 6.02. The van der Waals surface area contributed by atoms with Gasteiger partial charge in [-0.25, -0.2) is 0 Å². The van der Waals surface area contributed by atoms with Gasteiger partial charge in [-0.3, -0.25) is 9.69 Å². The van der Waals surface area contributed by atoms with Crippen LogP contribution in [0.1, 0.15) is 20.3 Å². The number of benzene rings is 2. The number of hydrogen-bond donors (Lipinski definition) is 1. The molecule has 22 heavy (non-hydrogen) atoms. The summed E-state index contributed by atoms with van der Waals surface area (Å²) in [5.74, 6) is 1.43. The Labute approximate surface area is 132 Å². The van der Waals surface area contributed by atoms with Crippen LogP contribution in [0.2, 0.25) is 0 Å². The van der Waals surface area contributed by atoms with E-state index in [1.54, 1.807) is 0 Å². The Balaban J connectivity index is 1.68. The predicted octanol–water partition coefficient (Wildman–Crippen LogP) is 3.76. The normalized spacial score (nSPS) is 22.6. The lowest BCUT2D eigenvalue weighted by atomic mass is 9.92. The highest BCUT2D eigenvalue weighted by Crippen LogP contribution is 2.24. The van der Waals surface area contributed by atoms with Crippen molar-refractivity contribution < 1.29 is 4.79 Å². The minimum atomic E-state index is 0.0812. The molecule has 0 saturated carbocycles. The topological polar surface area (TPSA) is 32.3 Å². The van der Waals surface area contributed by atoms with E-state index in [9.17, 15) is 4.79 Å². The molecule has 0 aliphatic carbocycles. The monoisotopic (exact) mass is 296 g/mol. The zero-order valence-corrected chi connectivity index (χ0v) is 13.4. The van der Waals surface area contributed by atoms with Crippen molar-refractivity contribution in [3.8, 4) is 0 Å². The van der Waals surface area contributed by atoms with E-state index in [1.165, 1.54) is 6.42 Å². The zero-order chi connectivity index (χ0) is 15.5. The van der Waals surface area contributed by atoms with Gasteiger partial charge in [-0.15, -0.1) is 0 Å². The maximum atomic E-state index is 12.4. The van der Waals surface area contributed by atoms with Crippen LogP contribution in [0.5, 0.6) is 0 Å². The first kappa shape index (κ1) is 15.0. The van der Waals surface area contributed by atoms with Gasteiger partial charge in [0.25, 0.3) is 0 Å². The van der Waals surface area contributed by atoms with Gasteiger partial charge in [0.1, 0.15) is 0 Å². The van der Waals surface area contributed by atoms with Gasteiger partial charge in [0.2, 0.25) is 5.91 Å². The van der Waals surface area contributed by atoms with E-state index < -0.39 is 0 Å². The Morgan fingerprint density at radius 2 is 1.77 bits per heavy atom. The van der Waals surface area contributed by atoms with Crippen LogP contribution in [0.15, 0.2) is 42.5 Å². The summed E-state index contributed by atoms with van der Waals surface area (Å²) >= 11 is 0. The minimum Gasteiger partial charge on any atom is -0.324 e. The minimum absolute atomic E-state index is 0.0812. The standard InChI is InChI=1S/C19H24N2O/c1-14-10-15(2)12-21(11-14)13-19(22)20-18-9-5-7-16-6-3-4-8-17(16)18/h3-9,14-15H,10-13H2,1-2H3,(H,20,22). The summed E-state index contributed by atoms with van der Waals surface area (Å²) in [4.78, 5) is 14.7. The van der Waals surface area contributed by atoms with Gasteiger partial charge < -0.3 is 5.32 Å². The van der Waals surface area contributed by atoms with Crippen LogP contribution in [-0.2, 0) is 4.79 Å². The molecule has 0 bridgehead atoms. The van der Waals surface area contributed by atoms with Crippen molar-refractivity contribution in [2.24, 2.45) is 11.8 Å². The predicted molar refractivity (Wildman–Crippen MR) is 92.0 cm³/mol. The molecule has 0 aromatic heterocycles. The summed E-state index contributed by atoms with van der Waals surface area (Å²) in [5.41, 5.74) is 0.904. The van der Waals surface area contributed by atoms with Gasteiger partial charge in [0.15, 0.2) is 0 Å². The van der Waals surface area contributed by atoms with Crippen LogP contribution >= 0.6 is 0 Å². The molecular weight excluding hydrogens is 272 g/mol. The third kappa shape index (κ3) is 3.47. The Kier molecular flexibility index (Phi) is 4.44. The van der Waals surface area contributed by atoms with E-state index in [-0.39, 0.29) is 5.91 Å². The third-order valence-corrected chi connectivity index (χ3v) is 4.38. The summed E-state index contributed by atoms with van der Waals surface area (Å²) in [6.07, 6.45) is 1.27. The van der Waals surface area contributed by atoms with Crippen LogP contribution in [0.25, 0.3) is 10.8 Å². The second-order valence-electron chi connectivity index (χ2n) is 6.72. The number of nitrogens with one attached hydrogen (secondary N) is 1. The van der Waals surface area contributed by atoms with E-state index in [0.29, 0.717) is 18.4 Å². The molecule has 1 heterocycles. The van der Waals surface area contributed by atoms with Crippen LogP contribution < -0.4 is 5.32 Å². The smallest absolute Gasteiger partial charge is 0.238 e. The lowest BCUT2D eigenvalue weighted by Crippen LogP contribution is -2.42. The fourth-order valence-corrected chi connectivity index (χ4v) is 3.65. The second-order valence-corrected chi connectivity index (χ2v) is 6.72. The number of amides is 1. The molecule has 1 amide bonds. The SMILES string of the molecule is CC1CC(C)CN(CC(=O)Nc2cccc3ccccc23)C1. The van der Waals surface area contributed by atoms with E-state index >= 15 is 0 Å². The molecule has 0 spiro atoms. The van der Waals surface area contributed by atoms with E-state index in [0.717, 1.165) is 29.5 Å². The molecule has 2 unspecified atom stereocenters. The van der Waals surface area contributed by atoms with Crippen molar-refractivity contribution >= 4 is 22.4 Å². The third-order valence-electron chi connectivity index (χ3n) is 4.38. The summed E-state index contributed by atoms with van der Waals surface area (Å²) in [5, 5.41) is 5.33. The van der Waals surface area contributed by atoms with Crippen molar-refractivity contribution in [1.29, 1.82) is 0 Å². The molecule has 3 heteroatoms. The Bertz CT molecular complexity index is 652. The van der Waals surface area contributed by atoms with Crippen LogP contribution in [0.4, 0.5) is 5.69 Å². The van der Waals surface area contributed by atoms with Gasteiger partial charge in [0.05, 0.1) is 6.54 Å². The zero-order valence-electron chi connectivity index (χ0n) is 13.4. The highest BCUT2D eigenvalue weighted by atomic mass is 16.2. The largest absolute Gasteiger partial charge is 0.324 e. The van der Waals surface area contributed by atoms with E-state index in [2.05, 4.69) is 42.3 Å². The average Bonchev–Trinajstić information content (AvgIpc) is 2.46. The maximum absolute atomic E-state index is 12.4. The fraction of sp³-hybridized carbons (Fsp3) is 0.421. The lowest BCUT2D eigenvalue weighted by Gasteiger charge is -2.34. The van der Waals surface area contributed by atoms with E-state index in [1.807, 2.05) is 24.3 Å². The van der Waals surface area contributed by atoms with Crippen LogP contribution in [-0.4, -0.2) is 30.4 Å². The van der Waals surface area contributed by atoms with Crippen LogP contribution in [0, 0.1) is 11.8 Å². The summed E-state index contributed by atoms with van der Waals surface area (Å²) in [6.45, 7) is 7.06. The molecule has 1 aliphatic rings. The molecular formula is C19H24N2O. The summed E-state index contributed by atoms with van der Waals surface area (Å²) in [7, 11) is 0. The molecule has 2 atom stereocenters. The number of likely N-dealkylation sites (tertiary alicyclic amines) is 1. The molecule has 2 aromatic carbocycles. The van der Waals surface area contributed by atoms with Gasteiger partial charge >= 0.3 is 0 Å². The van der Waals surface area contributed by atoms with Gasteiger partial charge in [0, 0.05) is 24.2 Å². The van der Waals surface area contributed by atoms with Crippen molar-refractivity contribution in [2.45, 2.75) is 20.3 Å². The number of nitrogens with zero attached hydrogens (tertiary/aromatic N) is 1. The van der Waals surface area contributed by atoms with Gasteiger partial charge in [-0.05, 0) is 29.7 Å². The van der Waals surface area contributed by atoms with Gasteiger partial charge in [-0.1, -0.05) is 50.2 Å². The summed E-state index contributed by atoms with van der Waals surface area (Å²) < 4.78 is 0. The maximum Gasteiger partial charge on any atom is 0.238 e. The quantitative estimate of drug-likeness (QED) is 0.935. The van der Waals surface area contributed by atoms with Crippen molar-refractivity contribution in [3.63, 3.8) is 0 Å². The molecule has 1 fully saturated rings. The van der Waals surface area contributed by atoms with Crippen molar-refractivity contribution in [2.75, 3.05) is 25.0 Å². The first-order valence-electron chi connectivity index (χ1n) is 8.12. The second kappa shape index (κ2) is 6.49. The first-order valence-corrected chi connectivity index (χ1v) is 8.12. The fourth-order valence-electron chi connectivity index (χ4n) is 3.65. The Morgan fingerprint density at radius 3 is 2.55 bits per heavy atom. The van der Waals surface area contributed by atoms with E-state index in [4.69, 9.17) is 0 Å². The lowest BCUT2D eigenvalue weighted by molar-refractivity contribution is -0.117. The number of hydrogen-bond acceptors (Lipinski definition) is 2. The first-order chi connectivity index (χ1) is 10.6. The Morgan fingerprint density at radius 1 is 1.09 bits per heavy atom. The molecule has 1 N–H and O–H groups in total. The number of fused-ring (bicyclic) bond motifs is 1. The van der Waals surface area contributed by atoms with Crippen molar-refractivity contribution in [3.05, 3.63) is 42.5 Å². The summed E-state index contributed by atoms with van der Waals surface area (Å²) in [6, 6.07) is 14.2. The number of piperidine rings is 1. The molecule has 1 saturated heterocycles.